The van der Waals surface area contributed by atoms with Crippen molar-refractivity contribution >= 4 is 17.8 Å². The monoisotopic (exact) mass is 353 g/mol. The molecule has 0 radical (unpaired) electrons. The van der Waals surface area contributed by atoms with Crippen LogP contribution in [0.2, 0.25) is 0 Å². The van der Waals surface area contributed by atoms with Crippen molar-refractivity contribution in [3.63, 3.8) is 0 Å². The Morgan fingerprint density at radius 3 is 1.96 bits per heavy atom. The fourth-order valence-corrected chi connectivity index (χ4v) is 2.50. The molecule has 2 aromatic carbocycles. The fraction of sp³-hybridized carbons (Fsp3) is 0.250. The zero-order valence-corrected chi connectivity index (χ0v) is 14.8. The molecule has 3 rings (SSSR count). The first-order chi connectivity index (χ1) is 12.3. The van der Waals surface area contributed by atoms with Crippen LogP contribution in [0.5, 0.6) is 0 Å². The van der Waals surface area contributed by atoms with Gasteiger partial charge in [0.05, 0.1) is 16.7 Å². The minimum Gasteiger partial charge on any atom is -0.456 e. The van der Waals surface area contributed by atoms with Gasteiger partial charge in [0.15, 0.2) is 0 Å². The highest BCUT2D eigenvalue weighted by Gasteiger charge is 2.36. The molecule has 2 amide bonds. The molecule has 0 aliphatic carbocycles. The van der Waals surface area contributed by atoms with Gasteiger partial charge in [-0.05, 0) is 50.6 Å². The molecule has 1 heterocycles. The fourth-order valence-electron chi connectivity index (χ4n) is 2.50. The van der Waals surface area contributed by atoms with Gasteiger partial charge in [-0.25, -0.2) is 4.79 Å². The molecule has 0 fully saturated rings. The molecule has 0 spiro atoms. The number of imide groups is 1. The molecule has 0 unspecified atom stereocenters. The molecular formula is C20H19NO5. The maximum Gasteiger partial charge on any atom is 0.338 e. The van der Waals surface area contributed by atoms with E-state index in [2.05, 4.69) is 0 Å². The lowest BCUT2D eigenvalue weighted by Gasteiger charge is -2.19. The number of hydrogen-bond acceptors (Lipinski definition) is 5. The van der Waals surface area contributed by atoms with E-state index in [0.717, 1.165) is 5.06 Å². The van der Waals surface area contributed by atoms with Gasteiger partial charge in [0, 0.05) is 0 Å². The average Bonchev–Trinajstić information content (AvgIpc) is 2.83. The molecule has 0 saturated carbocycles. The van der Waals surface area contributed by atoms with Gasteiger partial charge in [-0.3, -0.25) is 14.4 Å². The van der Waals surface area contributed by atoms with Crippen LogP contribution >= 0.6 is 0 Å². The summed E-state index contributed by atoms with van der Waals surface area (Å²) in [4.78, 5) is 41.8. The molecular weight excluding hydrogens is 334 g/mol. The van der Waals surface area contributed by atoms with E-state index in [1.54, 1.807) is 69.3 Å². The van der Waals surface area contributed by atoms with Gasteiger partial charge in [0.1, 0.15) is 12.2 Å². The zero-order valence-electron chi connectivity index (χ0n) is 14.8. The van der Waals surface area contributed by atoms with Crippen molar-refractivity contribution in [2.45, 2.75) is 33.0 Å². The Labute approximate surface area is 151 Å². The molecule has 6 heteroatoms. The highest BCUT2D eigenvalue weighted by atomic mass is 16.7. The van der Waals surface area contributed by atoms with Gasteiger partial charge >= 0.3 is 5.97 Å². The molecule has 0 bridgehead atoms. The van der Waals surface area contributed by atoms with Crippen LogP contribution in [0.15, 0.2) is 48.5 Å². The largest absolute Gasteiger partial charge is 0.456 e. The van der Waals surface area contributed by atoms with Gasteiger partial charge in [-0.15, -0.1) is 5.06 Å². The maximum atomic E-state index is 12.2. The number of hydroxylamine groups is 2. The first-order valence-corrected chi connectivity index (χ1v) is 8.19. The normalized spacial score (nSPS) is 13.7. The zero-order chi connectivity index (χ0) is 18.9. The van der Waals surface area contributed by atoms with E-state index in [1.165, 1.54) is 0 Å². The van der Waals surface area contributed by atoms with E-state index in [9.17, 15) is 14.4 Å². The van der Waals surface area contributed by atoms with Gasteiger partial charge in [0.2, 0.25) is 0 Å². The molecule has 1 aliphatic rings. The Bertz CT molecular complexity index is 830. The third-order valence-electron chi connectivity index (χ3n) is 3.71. The lowest BCUT2D eigenvalue weighted by atomic mass is 10.1. The Balaban J connectivity index is 1.64. The van der Waals surface area contributed by atoms with Crippen LogP contribution < -0.4 is 0 Å². The number of amides is 2. The number of esters is 1. The summed E-state index contributed by atoms with van der Waals surface area (Å²) in [6.45, 7) is 5.43. The van der Waals surface area contributed by atoms with Crippen LogP contribution in [-0.2, 0) is 16.2 Å². The first kappa shape index (κ1) is 17.8. The third kappa shape index (κ3) is 3.65. The third-order valence-corrected chi connectivity index (χ3v) is 3.71. The number of benzene rings is 2. The minimum atomic E-state index is -0.565. The number of carbonyl (C=O) groups is 3. The molecule has 6 nitrogen and oxygen atoms in total. The summed E-state index contributed by atoms with van der Waals surface area (Å²) in [6.07, 6.45) is 0. The number of nitrogens with zero attached hydrogens (tertiary/aromatic N) is 1. The maximum absolute atomic E-state index is 12.2. The summed E-state index contributed by atoms with van der Waals surface area (Å²) < 4.78 is 5.30. The predicted molar refractivity (Wildman–Crippen MR) is 93.3 cm³/mol. The van der Waals surface area contributed by atoms with Gasteiger partial charge in [-0.1, -0.05) is 24.3 Å². The molecule has 134 valence electrons. The summed E-state index contributed by atoms with van der Waals surface area (Å²) in [6, 6.07) is 13.2. The molecule has 26 heavy (non-hydrogen) atoms. The van der Waals surface area contributed by atoms with Crippen molar-refractivity contribution in [1.29, 1.82) is 0 Å². The van der Waals surface area contributed by atoms with E-state index in [0.29, 0.717) is 22.3 Å². The van der Waals surface area contributed by atoms with Crippen LogP contribution in [0.4, 0.5) is 0 Å². The van der Waals surface area contributed by atoms with Crippen molar-refractivity contribution in [2.75, 3.05) is 0 Å². The van der Waals surface area contributed by atoms with Crippen molar-refractivity contribution in [3.05, 3.63) is 70.8 Å². The van der Waals surface area contributed by atoms with Crippen LogP contribution in [0, 0.1) is 0 Å². The summed E-state index contributed by atoms with van der Waals surface area (Å²) in [5.41, 5.74) is 1.23. The van der Waals surface area contributed by atoms with Crippen LogP contribution in [0.25, 0.3) is 0 Å². The molecule has 2 aromatic rings. The topological polar surface area (TPSA) is 72.9 Å². The van der Waals surface area contributed by atoms with Crippen molar-refractivity contribution in [3.8, 4) is 0 Å². The molecule has 0 aromatic heterocycles. The van der Waals surface area contributed by atoms with Gasteiger partial charge in [0.25, 0.3) is 11.8 Å². The van der Waals surface area contributed by atoms with Gasteiger partial charge in [-0.2, -0.15) is 0 Å². The first-order valence-electron chi connectivity index (χ1n) is 8.19. The van der Waals surface area contributed by atoms with Crippen LogP contribution in [0.1, 0.15) is 57.4 Å². The quantitative estimate of drug-likeness (QED) is 0.622. The molecule has 0 saturated heterocycles. The standard InChI is InChI=1S/C20H19NO5/c1-20(2,3)26-19(24)14-10-8-13(9-11-14)12-25-21-17(22)15-6-4-5-7-16(15)18(21)23/h4-11H,12H2,1-3H3. The van der Waals surface area contributed by atoms with E-state index in [-0.39, 0.29) is 6.61 Å². The number of rotatable bonds is 4. The summed E-state index contributed by atoms with van der Waals surface area (Å²) in [5, 5.41) is 0.770. The summed E-state index contributed by atoms with van der Waals surface area (Å²) in [5.74, 6) is -1.36. The predicted octanol–water partition coefficient (Wildman–Crippen LogP) is 3.37. The van der Waals surface area contributed by atoms with Gasteiger partial charge < -0.3 is 4.74 Å². The SMILES string of the molecule is CC(C)(C)OC(=O)c1ccc(CON2C(=O)c3ccccc3C2=O)cc1. The minimum absolute atomic E-state index is 0.0278. The second kappa shape index (κ2) is 6.72. The summed E-state index contributed by atoms with van der Waals surface area (Å²) in [7, 11) is 0. The smallest absolute Gasteiger partial charge is 0.338 e. The highest BCUT2D eigenvalue weighted by molar-refractivity contribution is 6.20. The average molecular weight is 353 g/mol. The number of carbonyl (C=O) groups excluding carboxylic acids is 3. The number of fused-ring (bicyclic) bond motifs is 1. The summed E-state index contributed by atoms with van der Waals surface area (Å²) >= 11 is 0. The molecule has 1 aliphatic heterocycles. The van der Waals surface area contributed by atoms with Crippen LogP contribution in [-0.4, -0.2) is 28.4 Å². The Morgan fingerprint density at radius 1 is 0.923 bits per heavy atom. The van der Waals surface area contributed by atoms with Crippen molar-refractivity contribution in [1.82, 2.24) is 5.06 Å². The lowest BCUT2D eigenvalue weighted by molar-refractivity contribution is -0.101. The van der Waals surface area contributed by atoms with E-state index < -0.39 is 23.4 Å². The van der Waals surface area contributed by atoms with Crippen molar-refractivity contribution < 1.29 is 24.0 Å². The van der Waals surface area contributed by atoms with E-state index >= 15 is 0 Å². The Morgan fingerprint density at radius 2 is 1.46 bits per heavy atom. The van der Waals surface area contributed by atoms with E-state index in [1.807, 2.05) is 0 Å². The lowest BCUT2D eigenvalue weighted by Crippen LogP contribution is -2.29. The second-order valence-electron chi connectivity index (χ2n) is 6.92. The number of hydrogen-bond donors (Lipinski definition) is 0. The van der Waals surface area contributed by atoms with Crippen molar-refractivity contribution in [2.24, 2.45) is 0 Å². The number of ether oxygens (including phenoxy) is 1. The molecule has 0 N–H and O–H groups in total. The van der Waals surface area contributed by atoms with Crippen LogP contribution in [0.3, 0.4) is 0 Å². The van der Waals surface area contributed by atoms with E-state index in [4.69, 9.17) is 9.57 Å². The Kier molecular flexibility index (Phi) is 4.61. The Hall–Kier alpha value is -2.99. The molecule has 0 atom stereocenters. The second-order valence-corrected chi connectivity index (χ2v) is 6.92. The highest BCUT2D eigenvalue weighted by Crippen LogP contribution is 2.23.